The summed E-state index contributed by atoms with van der Waals surface area (Å²) in [5, 5.41) is 0. The molecule has 0 amide bonds. The maximum atomic E-state index is 11.2. The smallest absolute Gasteiger partial charge is 0.218 e. The SMILES string of the molecule is C/C=C/Cn1cc(N)c(=O)c(Br)c1. The molecule has 1 rings (SSSR count). The lowest BCUT2D eigenvalue weighted by Crippen LogP contribution is -2.12. The molecule has 13 heavy (non-hydrogen) atoms. The second kappa shape index (κ2) is 4.28. The molecule has 0 atom stereocenters. The number of rotatable bonds is 2. The van der Waals surface area contributed by atoms with Crippen LogP contribution in [-0.4, -0.2) is 4.57 Å². The third-order valence-corrected chi connectivity index (χ3v) is 2.18. The summed E-state index contributed by atoms with van der Waals surface area (Å²) >= 11 is 3.15. The molecule has 0 spiro atoms. The van der Waals surface area contributed by atoms with Crippen molar-refractivity contribution in [3.63, 3.8) is 0 Å². The van der Waals surface area contributed by atoms with E-state index in [1.54, 1.807) is 12.4 Å². The summed E-state index contributed by atoms with van der Waals surface area (Å²) in [5.74, 6) is 0. The first kappa shape index (κ1) is 10.1. The van der Waals surface area contributed by atoms with Crippen molar-refractivity contribution in [1.82, 2.24) is 4.57 Å². The van der Waals surface area contributed by atoms with Crippen LogP contribution in [0.15, 0.2) is 33.8 Å². The molecule has 70 valence electrons. The molecule has 0 aliphatic carbocycles. The van der Waals surface area contributed by atoms with Gasteiger partial charge < -0.3 is 10.3 Å². The first-order valence-corrected chi connectivity index (χ1v) is 4.70. The zero-order valence-electron chi connectivity index (χ0n) is 7.33. The molecule has 2 N–H and O–H groups in total. The van der Waals surface area contributed by atoms with Crippen LogP contribution in [0, 0.1) is 0 Å². The van der Waals surface area contributed by atoms with E-state index in [4.69, 9.17) is 5.73 Å². The Morgan fingerprint density at radius 3 is 2.85 bits per heavy atom. The largest absolute Gasteiger partial charge is 0.394 e. The lowest BCUT2D eigenvalue weighted by atomic mass is 10.4. The molecule has 0 radical (unpaired) electrons. The monoisotopic (exact) mass is 242 g/mol. The molecule has 1 aromatic rings. The molecule has 3 nitrogen and oxygen atoms in total. The highest BCUT2D eigenvalue weighted by molar-refractivity contribution is 9.10. The van der Waals surface area contributed by atoms with Crippen molar-refractivity contribution in [2.24, 2.45) is 0 Å². The normalized spacial score (nSPS) is 10.9. The Morgan fingerprint density at radius 2 is 2.31 bits per heavy atom. The molecule has 0 aliphatic heterocycles. The van der Waals surface area contributed by atoms with Crippen LogP contribution >= 0.6 is 15.9 Å². The summed E-state index contributed by atoms with van der Waals surface area (Å²) in [4.78, 5) is 11.2. The van der Waals surface area contributed by atoms with Crippen LogP contribution in [0.3, 0.4) is 0 Å². The van der Waals surface area contributed by atoms with Crippen molar-refractivity contribution in [2.75, 3.05) is 5.73 Å². The minimum absolute atomic E-state index is 0.156. The van der Waals surface area contributed by atoms with Gasteiger partial charge in [0.25, 0.3) is 0 Å². The van der Waals surface area contributed by atoms with E-state index in [9.17, 15) is 4.79 Å². The van der Waals surface area contributed by atoms with Crippen LogP contribution in [-0.2, 0) is 6.54 Å². The number of nitrogens with two attached hydrogens (primary N) is 1. The number of aromatic nitrogens is 1. The number of hydrogen-bond acceptors (Lipinski definition) is 2. The van der Waals surface area contributed by atoms with E-state index in [-0.39, 0.29) is 11.1 Å². The summed E-state index contributed by atoms with van der Waals surface area (Å²) in [7, 11) is 0. The third-order valence-electron chi connectivity index (χ3n) is 1.62. The van der Waals surface area contributed by atoms with Gasteiger partial charge in [-0.2, -0.15) is 0 Å². The van der Waals surface area contributed by atoms with Crippen molar-refractivity contribution in [1.29, 1.82) is 0 Å². The molecule has 0 bridgehead atoms. The second-order valence-electron chi connectivity index (χ2n) is 2.66. The van der Waals surface area contributed by atoms with Gasteiger partial charge in [-0.1, -0.05) is 12.2 Å². The molecule has 4 heteroatoms. The zero-order chi connectivity index (χ0) is 9.84. The predicted octanol–water partition coefficient (Wildman–Crippen LogP) is 1.77. The van der Waals surface area contributed by atoms with Gasteiger partial charge in [0.15, 0.2) is 0 Å². The molecule has 0 unspecified atom stereocenters. The van der Waals surface area contributed by atoms with E-state index in [0.29, 0.717) is 4.47 Å². The van der Waals surface area contributed by atoms with E-state index in [1.165, 1.54) is 0 Å². The number of hydrogen-bond donors (Lipinski definition) is 1. The van der Waals surface area contributed by atoms with Crippen LogP contribution in [0.25, 0.3) is 0 Å². The van der Waals surface area contributed by atoms with Crippen LogP contribution < -0.4 is 11.2 Å². The van der Waals surface area contributed by atoms with Crippen molar-refractivity contribution >= 4 is 21.6 Å². The summed E-state index contributed by atoms with van der Waals surface area (Å²) in [6, 6.07) is 0. The fourth-order valence-electron chi connectivity index (χ4n) is 0.949. The predicted molar refractivity (Wildman–Crippen MR) is 57.6 cm³/mol. The molecule has 0 saturated heterocycles. The highest BCUT2D eigenvalue weighted by Gasteiger charge is 2.00. The Labute approximate surface area is 85.0 Å². The Hall–Kier alpha value is -1.03. The van der Waals surface area contributed by atoms with Crippen LogP contribution in [0.2, 0.25) is 0 Å². The van der Waals surface area contributed by atoms with Gasteiger partial charge in [0.2, 0.25) is 5.43 Å². The first-order chi connectivity index (χ1) is 6.15. The average molecular weight is 243 g/mol. The third kappa shape index (κ3) is 2.45. The van der Waals surface area contributed by atoms with Gasteiger partial charge >= 0.3 is 0 Å². The van der Waals surface area contributed by atoms with Gasteiger partial charge in [-0.3, -0.25) is 4.79 Å². The summed E-state index contributed by atoms with van der Waals surface area (Å²) in [6.45, 7) is 2.67. The molecular weight excluding hydrogens is 232 g/mol. The van der Waals surface area contributed by atoms with Gasteiger partial charge in [-0.05, 0) is 22.9 Å². The number of nitrogens with zero attached hydrogens (tertiary/aromatic N) is 1. The quantitative estimate of drug-likeness (QED) is 0.804. The Bertz CT molecular complexity index is 355. The standard InChI is InChI=1S/C9H11BrN2O/c1-2-3-4-12-5-7(10)9(13)8(11)6-12/h2-3,5-6H,4,11H2,1H3/b3-2+. The van der Waals surface area contributed by atoms with Gasteiger partial charge in [-0.25, -0.2) is 0 Å². The van der Waals surface area contributed by atoms with Crippen LogP contribution in [0.1, 0.15) is 6.92 Å². The number of nitrogen functional groups attached to an aromatic ring is 1. The topological polar surface area (TPSA) is 48.0 Å². The Morgan fingerprint density at radius 1 is 1.62 bits per heavy atom. The fourth-order valence-corrected chi connectivity index (χ4v) is 1.44. The highest BCUT2D eigenvalue weighted by atomic mass is 79.9. The van der Waals surface area contributed by atoms with E-state index < -0.39 is 0 Å². The summed E-state index contributed by atoms with van der Waals surface area (Å²) in [5.41, 5.74) is 5.61. The molecule has 0 aliphatic rings. The molecule has 0 aromatic carbocycles. The van der Waals surface area contributed by atoms with Crippen molar-refractivity contribution in [3.05, 3.63) is 39.2 Å². The van der Waals surface area contributed by atoms with Crippen molar-refractivity contribution in [2.45, 2.75) is 13.5 Å². The number of halogens is 1. The number of allylic oxidation sites excluding steroid dienone is 2. The minimum atomic E-state index is -0.156. The van der Waals surface area contributed by atoms with Gasteiger partial charge in [0.05, 0.1) is 10.2 Å². The Balaban J connectivity index is 3.06. The fraction of sp³-hybridized carbons (Fsp3) is 0.222. The van der Waals surface area contributed by atoms with Crippen molar-refractivity contribution in [3.8, 4) is 0 Å². The van der Waals surface area contributed by atoms with Gasteiger partial charge in [-0.15, -0.1) is 0 Å². The molecular formula is C9H11BrN2O. The Kier molecular flexibility index (Phi) is 3.31. The van der Waals surface area contributed by atoms with E-state index in [2.05, 4.69) is 15.9 Å². The molecule has 0 fully saturated rings. The minimum Gasteiger partial charge on any atom is -0.394 e. The van der Waals surface area contributed by atoms with E-state index in [0.717, 1.165) is 6.54 Å². The summed E-state index contributed by atoms with van der Waals surface area (Å²) in [6.07, 6.45) is 7.28. The van der Waals surface area contributed by atoms with Crippen molar-refractivity contribution < 1.29 is 0 Å². The number of anilines is 1. The lowest BCUT2D eigenvalue weighted by molar-refractivity contribution is 0.808. The zero-order valence-corrected chi connectivity index (χ0v) is 8.91. The van der Waals surface area contributed by atoms with Crippen LogP contribution in [0.4, 0.5) is 5.69 Å². The average Bonchev–Trinajstić information content (AvgIpc) is 2.10. The van der Waals surface area contributed by atoms with Crippen LogP contribution in [0.5, 0.6) is 0 Å². The highest BCUT2D eigenvalue weighted by Crippen LogP contribution is 2.05. The van der Waals surface area contributed by atoms with Gasteiger partial charge in [0.1, 0.15) is 0 Å². The summed E-state index contributed by atoms with van der Waals surface area (Å²) < 4.78 is 2.35. The van der Waals surface area contributed by atoms with Gasteiger partial charge in [0, 0.05) is 18.9 Å². The second-order valence-corrected chi connectivity index (χ2v) is 3.51. The maximum Gasteiger partial charge on any atom is 0.218 e. The first-order valence-electron chi connectivity index (χ1n) is 3.91. The molecule has 0 saturated carbocycles. The van der Waals surface area contributed by atoms with E-state index in [1.807, 2.05) is 23.6 Å². The molecule has 1 aromatic heterocycles. The lowest BCUT2D eigenvalue weighted by Gasteiger charge is -2.04. The maximum absolute atomic E-state index is 11.2. The van der Waals surface area contributed by atoms with E-state index >= 15 is 0 Å². The number of pyridine rings is 1. The molecule has 1 heterocycles.